The van der Waals surface area contributed by atoms with Crippen molar-refractivity contribution in [1.82, 2.24) is 14.8 Å². The fraction of sp³-hybridized carbons (Fsp3) is 0.533. The van der Waals surface area contributed by atoms with E-state index < -0.39 is 0 Å². The molecular weight excluding hydrogens is 268 g/mol. The van der Waals surface area contributed by atoms with Crippen LogP contribution in [0.4, 0.5) is 5.13 Å². The van der Waals surface area contributed by atoms with Gasteiger partial charge < -0.3 is 10.6 Å². The van der Waals surface area contributed by atoms with Gasteiger partial charge in [0.1, 0.15) is 0 Å². The molecule has 1 aliphatic rings. The van der Waals surface area contributed by atoms with Gasteiger partial charge in [-0.2, -0.15) is 0 Å². The number of likely N-dealkylation sites (tertiary alicyclic amines) is 1. The Morgan fingerprint density at radius 3 is 2.90 bits per heavy atom. The van der Waals surface area contributed by atoms with E-state index in [2.05, 4.69) is 54.0 Å². The normalized spacial score (nSPS) is 24.0. The van der Waals surface area contributed by atoms with E-state index in [4.69, 9.17) is 5.73 Å². The van der Waals surface area contributed by atoms with Crippen LogP contribution >= 0.6 is 11.3 Å². The number of fused-ring (bicyclic) bond motifs is 1. The summed E-state index contributed by atoms with van der Waals surface area (Å²) in [4.78, 5) is 9.20. The van der Waals surface area contributed by atoms with Crippen LogP contribution < -0.4 is 5.73 Å². The largest absolute Gasteiger partial charge is 0.375 e. The zero-order valence-electron chi connectivity index (χ0n) is 12.3. The highest BCUT2D eigenvalue weighted by atomic mass is 32.1. The Morgan fingerprint density at radius 1 is 1.40 bits per heavy atom. The summed E-state index contributed by atoms with van der Waals surface area (Å²) in [5.74, 6) is 0.729. The van der Waals surface area contributed by atoms with Crippen molar-refractivity contribution in [3.05, 3.63) is 23.8 Å². The SMILES string of the molecule is CC1CN(Cc2ccc3nc(N)sc3c2)CC1N(C)C. The van der Waals surface area contributed by atoms with Gasteiger partial charge in [-0.25, -0.2) is 4.98 Å². The quantitative estimate of drug-likeness (QED) is 0.942. The van der Waals surface area contributed by atoms with Crippen LogP contribution in [0.25, 0.3) is 10.2 Å². The van der Waals surface area contributed by atoms with Gasteiger partial charge in [-0.3, -0.25) is 4.90 Å². The third-order valence-electron chi connectivity index (χ3n) is 4.19. The molecule has 5 heteroatoms. The molecule has 2 N–H and O–H groups in total. The molecule has 0 bridgehead atoms. The number of hydrogen-bond acceptors (Lipinski definition) is 5. The number of aromatic nitrogens is 1. The Hall–Kier alpha value is -1.17. The second-order valence-corrected chi connectivity index (χ2v) is 7.12. The fourth-order valence-electron chi connectivity index (χ4n) is 3.19. The molecule has 2 unspecified atom stereocenters. The lowest BCUT2D eigenvalue weighted by Crippen LogP contribution is -2.34. The molecule has 2 atom stereocenters. The highest BCUT2D eigenvalue weighted by Crippen LogP contribution is 2.26. The van der Waals surface area contributed by atoms with Gasteiger partial charge in [0.25, 0.3) is 0 Å². The van der Waals surface area contributed by atoms with E-state index in [0.717, 1.165) is 24.5 Å². The molecule has 1 aromatic carbocycles. The minimum atomic E-state index is 0.652. The van der Waals surface area contributed by atoms with Gasteiger partial charge >= 0.3 is 0 Å². The molecule has 0 aliphatic carbocycles. The summed E-state index contributed by atoms with van der Waals surface area (Å²) in [6.45, 7) is 5.68. The van der Waals surface area contributed by atoms with Crippen molar-refractivity contribution in [1.29, 1.82) is 0 Å². The lowest BCUT2D eigenvalue weighted by atomic mass is 10.1. The van der Waals surface area contributed by atoms with E-state index in [1.54, 1.807) is 11.3 Å². The number of thiazole rings is 1. The average molecular weight is 290 g/mol. The van der Waals surface area contributed by atoms with Crippen LogP contribution in [0, 0.1) is 5.92 Å². The summed E-state index contributed by atoms with van der Waals surface area (Å²) in [5, 5.41) is 0.652. The van der Waals surface area contributed by atoms with Gasteiger partial charge in [-0.1, -0.05) is 24.3 Å². The summed E-state index contributed by atoms with van der Waals surface area (Å²) in [7, 11) is 4.35. The van der Waals surface area contributed by atoms with Crippen molar-refractivity contribution < 1.29 is 0 Å². The summed E-state index contributed by atoms with van der Waals surface area (Å²) in [5.41, 5.74) is 8.13. The van der Waals surface area contributed by atoms with Gasteiger partial charge in [0.15, 0.2) is 5.13 Å². The van der Waals surface area contributed by atoms with Crippen molar-refractivity contribution >= 4 is 26.7 Å². The van der Waals surface area contributed by atoms with E-state index in [9.17, 15) is 0 Å². The van der Waals surface area contributed by atoms with Crippen LogP contribution in [0.5, 0.6) is 0 Å². The topological polar surface area (TPSA) is 45.4 Å². The van der Waals surface area contributed by atoms with Crippen LogP contribution in [0.2, 0.25) is 0 Å². The Balaban J connectivity index is 1.73. The average Bonchev–Trinajstić information content (AvgIpc) is 2.91. The first kappa shape index (κ1) is 13.8. The third kappa shape index (κ3) is 2.66. The first-order valence-corrected chi connectivity index (χ1v) is 7.88. The standard InChI is InChI=1S/C15H22N4S/c1-10-7-19(9-13(10)18(2)3)8-11-4-5-12-14(6-11)20-15(16)17-12/h4-6,10,13H,7-9H2,1-3H3,(H2,16,17). The molecule has 108 valence electrons. The van der Waals surface area contributed by atoms with Gasteiger partial charge in [0.2, 0.25) is 0 Å². The first-order chi connectivity index (χ1) is 9.52. The lowest BCUT2D eigenvalue weighted by molar-refractivity contribution is 0.250. The monoisotopic (exact) mass is 290 g/mol. The summed E-state index contributed by atoms with van der Waals surface area (Å²) in [6.07, 6.45) is 0. The first-order valence-electron chi connectivity index (χ1n) is 7.06. The zero-order valence-corrected chi connectivity index (χ0v) is 13.2. The van der Waals surface area contributed by atoms with E-state index in [0.29, 0.717) is 11.2 Å². The van der Waals surface area contributed by atoms with Gasteiger partial charge in [0.05, 0.1) is 10.2 Å². The van der Waals surface area contributed by atoms with Crippen LogP contribution in [-0.4, -0.2) is 48.0 Å². The molecule has 4 nitrogen and oxygen atoms in total. The summed E-state index contributed by atoms with van der Waals surface area (Å²) in [6, 6.07) is 7.16. The number of nitrogen functional groups attached to an aromatic ring is 1. The molecule has 1 saturated heterocycles. The predicted octanol–water partition coefficient (Wildman–Crippen LogP) is 2.26. The lowest BCUT2D eigenvalue weighted by Gasteiger charge is -2.22. The fourth-order valence-corrected chi connectivity index (χ4v) is 3.99. The summed E-state index contributed by atoms with van der Waals surface area (Å²) >= 11 is 1.57. The van der Waals surface area contributed by atoms with E-state index in [-0.39, 0.29) is 0 Å². The molecule has 0 spiro atoms. The van der Waals surface area contributed by atoms with E-state index >= 15 is 0 Å². The molecule has 0 radical (unpaired) electrons. The number of hydrogen-bond donors (Lipinski definition) is 1. The molecule has 2 heterocycles. The van der Waals surface area contributed by atoms with Crippen molar-refractivity contribution in [3.8, 4) is 0 Å². The third-order valence-corrected chi connectivity index (χ3v) is 5.03. The molecule has 3 rings (SSSR count). The minimum absolute atomic E-state index is 0.652. The Labute approximate surface area is 124 Å². The van der Waals surface area contributed by atoms with Gasteiger partial charge in [-0.15, -0.1) is 0 Å². The molecule has 2 aromatic rings. The van der Waals surface area contributed by atoms with Crippen LogP contribution in [0.15, 0.2) is 18.2 Å². The van der Waals surface area contributed by atoms with Gasteiger partial charge in [-0.05, 0) is 37.7 Å². The number of nitrogens with zero attached hydrogens (tertiary/aromatic N) is 3. The highest BCUT2D eigenvalue weighted by Gasteiger charge is 2.30. The number of likely N-dealkylation sites (N-methyl/N-ethyl adjacent to an activating group) is 1. The molecule has 20 heavy (non-hydrogen) atoms. The van der Waals surface area contributed by atoms with Crippen molar-refractivity contribution in [3.63, 3.8) is 0 Å². The number of nitrogens with two attached hydrogens (primary N) is 1. The van der Waals surface area contributed by atoms with Crippen molar-refractivity contribution in [2.75, 3.05) is 32.9 Å². The number of anilines is 1. The predicted molar refractivity (Wildman–Crippen MR) is 85.9 cm³/mol. The molecule has 0 saturated carbocycles. The van der Waals surface area contributed by atoms with Crippen LogP contribution in [0.1, 0.15) is 12.5 Å². The molecule has 0 amide bonds. The second-order valence-electron chi connectivity index (χ2n) is 6.06. The van der Waals surface area contributed by atoms with E-state index in [1.807, 2.05) is 0 Å². The van der Waals surface area contributed by atoms with E-state index in [1.165, 1.54) is 16.8 Å². The van der Waals surface area contributed by atoms with Crippen molar-refractivity contribution in [2.24, 2.45) is 5.92 Å². The maximum atomic E-state index is 5.77. The molecule has 1 aliphatic heterocycles. The van der Waals surface area contributed by atoms with Crippen LogP contribution in [0.3, 0.4) is 0 Å². The van der Waals surface area contributed by atoms with Crippen molar-refractivity contribution in [2.45, 2.75) is 19.5 Å². The number of benzene rings is 1. The Bertz CT molecular complexity index is 607. The zero-order chi connectivity index (χ0) is 14.3. The Morgan fingerprint density at radius 2 is 2.20 bits per heavy atom. The molecular formula is C15H22N4S. The van der Waals surface area contributed by atoms with Gasteiger partial charge in [0, 0.05) is 25.7 Å². The Kier molecular flexibility index (Phi) is 3.67. The minimum Gasteiger partial charge on any atom is -0.375 e. The molecule has 1 fully saturated rings. The number of rotatable bonds is 3. The second kappa shape index (κ2) is 5.31. The maximum absolute atomic E-state index is 5.77. The smallest absolute Gasteiger partial charge is 0.181 e. The maximum Gasteiger partial charge on any atom is 0.181 e. The molecule has 1 aromatic heterocycles. The highest BCUT2D eigenvalue weighted by molar-refractivity contribution is 7.22. The van der Waals surface area contributed by atoms with Crippen LogP contribution in [-0.2, 0) is 6.54 Å². The summed E-state index contributed by atoms with van der Waals surface area (Å²) < 4.78 is 1.19.